The molecule has 0 heterocycles. The van der Waals surface area contributed by atoms with Crippen molar-refractivity contribution in [1.82, 2.24) is 5.32 Å². The molecule has 4 nitrogen and oxygen atoms in total. The monoisotopic (exact) mass is 207 g/mol. The molecular weight excluding hydrogens is 196 g/mol. The molecule has 0 radical (unpaired) electrons. The summed E-state index contributed by atoms with van der Waals surface area (Å²) < 4.78 is 28.4. The fraction of sp³-hybridized carbons (Fsp3) is 0.500. The number of carbonyl (C=O) groups is 2. The van der Waals surface area contributed by atoms with Gasteiger partial charge in [-0.15, -0.1) is 0 Å². The Morgan fingerprint density at radius 3 is 2.43 bits per heavy atom. The lowest BCUT2D eigenvalue weighted by atomic mass is 10.2. The average molecular weight is 207 g/mol. The molecule has 0 aliphatic carbocycles. The van der Waals surface area contributed by atoms with E-state index >= 15 is 0 Å². The summed E-state index contributed by atoms with van der Waals surface area (Å²) >= 11 is 0. The van der Waals surface area contributed by atoms with Crippen LogP contribution in [0.3, 0.4) is 0 Å². The first kappa shape index (κ1) is 12.5. The van der Waals surface area contributed by atoms with Crippen molar-refractivity contribution in [2.24, 2.45) is 0 Å². The van der Waals surface area contributed by atoms with Gasteiger partial charge in [-0.1, -0.05) is 0 Å². The summed E-state index contributed by atoms with van der Waals surface area (Å²) in [5.74, 6) is -2.59. The third kappa shape index (κ3) is 3.51. The van der Waals surface area contributed by atoms with Crippen LogP contribution in [0.4, 0.5) is 8.78 Å². The molecule has 80 valence electrons. The Labute approximate surface area is 79.9 Å². The maximum atomic E-state index is 12.0. The van der Waals surface area contributed by atoms with Crippen LogP contribution in [0.5, 0.6) is 0 Å². The predicted octanol–water partition coefficient (Wildman–Crippen LogP) is 0.487. The minimum atomic E-state index is -3.21. The van der Waals surface area contributed by atoms with Crippen molar-refractivity contribution in [3.8, 4) is 0 Å². The quantitative estimate of drug-likeness (QED) is 0.308. The van der Waals surface area contributed by atoms with Gasteiger partial charge in [0.15, 0.2) is 0 Å². The Balaban J connectivity index is 4.69. The Morgan fingerprint density at radius 1 is 1.50 bits per heavy atom. The van der Waals surface area contributed by atoms with Crippen LogP contribution < -0.4 is 5.32 Å². The van der Waals surface area contributed by atoms with E-state index in [1.807, 2.05) is 0 Å². The lowest BCUT2D eigenvalue weighted by molar-refractivity contribution is -0.141. The Kier molecular flexibility index (Phi) is 5.43. The topological polar surface area (TPSA) is 55.4 Å². The van der Waals surface area contributed by atoms with E-state index in [1.54, 1.807) is 0 Å². The molecule has 0 aromatic rings. The number of carbonyl (C=O) groups excluding carboxylic acids is 2. The van der Waals surface area contributed by atoms with E-state index in [0.29, 0.717) is 0 Å². The zero-order chi connectivity index (χ0) is 11.1. The van der Waals surface area contributed by atoms with Crippen LogP contribution in [-0.2, 0) is 14.3 Å². The van der Waals surface area contributed by atoms with Crippen LogP contribution >= 0.6 is 0 Å². The van der Waals surface area contributed by atoms with Crippen molar-refractivity contribution in [1.29, 1.82) is 0 Å². The van der Waals surface area contributed by atoms with Crippen LogP contribution in [0, 0.1) is 0 Å². The Morgan fingerprint density at radius 2 is 2.07 bits per heavy atom. The van der Waals surface area contributed by atoms with E-state index < -0.39 is 23.8 Å². The van der Waals surface area contributed by atoms with Crippen molar-refractivity contribution in [3.05, 3.63) is 11.8 Å². The van der Waals surface area contributed by atoms with Crippen LogP contribution in [-0.4, -0.2) is 31.8 Å². The molecule has 0 fully saturated rings. The predicted molar refractivity (Wildman–Crippen MR) is 44.8 cm³/mol. The first-order valence-electron chi connectivity index (χ1n) is 3.91. The second kappa shape index (κ2) is 6.06. The first-order valence-corrected chi connectivity index (χ1v) is 3.91. The zero-order valence-corrected chi connectivity index (χ0v) is 7.84. The number of hydrogen-bond donors (Lipinski definition) is 1. The van der Waals surface area contributed by atoms with Gasteiger partial charge in [-0.05, 0) is 6.92 Å². The van der Waals surface area contributed by atoms with Crippen LogP contribution in [0.25, 0.3) is 0 Å². The van der Waals surface area contributed by atoms with Gasteiger partial charge in [-0.25, -0.2) is 13.6 Å². The van der Waals surface area contributed by atoms with Crippen LogP contribution in [0.1, 0.15) is 6.92 Å². The second-order valence-electron chi connectivity index (χ2n) is 2.23. The summed E-state index contributed by atoms with van der Waals surface area (Å²) in [6.07, 6.45) is -2.31. The van der Waals surface area contributed by atoms with Crippen molar-refractivity contribution in [2.45, 2.75) is 13.3 Å². The van der Waals surface area contributed by atoms with Gasteiger partial charge >= 0.3 is 12.4 Å². The molecule has 0 amide bonds. The van der Waals surface area contributed by atoms with Gasteiger partial charge in [-0.3, -0.25) is 4.79 Å². The fourth-order valence-electron chi connectivity index (χ4n) is 0.701. The number of alkyl halides is 2. The molecule has 0 aliphatic heterocycles. The summed E-state index contributed by atoms with van der Waals surface area (Å²) in [5, 5.41) is 2.33. The number of rotatable bonds is 5. The van der Waals surface area contributed by atoms with E-state index in [0.717, 1.165) is 6.20 Å². The number of halogens is 2. The third-order valence-corrected chi connectivity index (χ3v) is 1.25. The zero-order valence-electron chi connectivity index (χ0n) is 7.84. The van der Waals surface area contributed by atoms with E-state index in [2.05, 4.69) is 10.1 Å². The average Bonchev–Trinajstić information content (AvgIpc) is 2.13. The number of Topliss-reactive ketones (excluding diaryl/α,β-unsaturated/α-hetero) is 1. The lowest BCUT2D eigenvalue weighted by Gasteiger charge is -2.04. The molecule has 14 heavy (non-hydrogen) atoms. The van der Waals surface area contributed by atoms with Gasteiger partial charge < -0.3 is 10.1 Å². The van der Waals surface area contributed by atoms with Crippen LogP contribution in [0.15, 0.2) is 11.8 Å². The highest BCUT2D eigenvalue weighted by Crippen LogP contribution is 2.06. The normalized spacial score (nSPS) is 11.4. The third-order valence-electron chi connectivity index (χ3n) is 1.25. The van der Waals surface area contributed by atoms with Gasteiger partial charge in [0, 0.05) is 13.2 Å². The van der Waals surface area contributed by atoms with Crippen molar-refractivity contribution in [2.75, 3.05) is 13.7 Å². The van der Waals surface area contributed by atoms with Gasteiger partial charge in [-0.2, -0.15) is 0 Å². The van der Waals surface area contributed by atoms with Gasteiger partial charge in [0.05, 0.1) is 6.61 Å². The van der Waals surface area contributed by atoms with E-state index in [4.69, 9.17) is 0 Å². The number of ketones is 1. The molecule has 1 N–H and O–H groups in total. The summed E-state index contributed by atoms with van der Waals surface area (Å²) in [6, 6.07) is 0. The molecule has 0 unspecified atom stereocenters. The summed E-state index contributed by atoms with van der Waals surface area (Å²) in [5.41, 5.74) is -0.677. The number of hydrogen-bond acceptors (Lipinski definition) is 4. The van der Waals surface area contributed by atoms with E-state index in [-0.39, 0.29) is 6.61 Å². The highest BCUT2D eigenvalue weighted by molar-refractivity contribution is 6.18. The molecule has 6 heteroatoms. The summed E-state index contributed by atoms with van der Waals surface area (Å²) in [6.45, 7) is 1.54. The molecule has 0 bridgehead atoms. The second-order valence-corrected chi connectivity index (χ2v) is 2.23. The van der Waals surface area contributed by atoms with Gasteiger partial charge in [0.1, 0.15) is 5.57 Å². The SMILES string of the molecule is CCOC(=O)/C(=C/NC)C(=O)C(F)F. The fourth-order valence-corrected chi connectivity index (χ4v) is 0.701. The van der Waals surface area contributed by atoms with E-state index in [9.17, 15) is 18.4 Å². The summed E-state index contributed by atoms with van der Waals surface area (Å²) in [7, 11) is 1.39. The first-order chi connectivity index (χ1) is 6.54. The molecule has 0 aromatic heterocycles. The van der Waals surface area contributed by atoms with Crippen molar-refractivity contribution >= 4 is 11.8 Å². The molecule has 0 saturated heterocycles. The molecule has 0 rings (SSSR count). The van der Waals surface area contributed by atoms with Crippen molar-refractivity contribution in [3.63, 3.8) is 0 Å². The number of ether oxygens (including phenoxy) is 1. The number of nitrogens with one attached hydrogen (secondary N) is 1. The molecule has 0 saturated carbocycles. The molecule has 0 spiro atoms. The molecule has 0 aliphatic rings. The lowest BCUT2D eigenvalue weighted by Crippen LogP contribution is -2.23. The van der Waals surface area contributed by atoms with Crippen molar-refractivity contribution < 1.29 is 23.1 Å². The standard InChI is InChI=1S/C8H11F2NO3/c1-3-14-8(13)5(4-11-2)6(12)7(9)10/h4,7,11H,3H2,1-2H3/b5-4+. The van der Waals surface area contributed by atoms with Gasteiger partial charge in [0.25, 0.3) is 0 Å². The van der Waals surface area contributed by atoms with Crippen LogP contribution in [0.2, 0.25) is 0 Å². The minimum Gasteiger partial charge on any atom is -0.462 e. The van der Waals surface area contributed by atoms with Gasteiger partial charge in [0.2, 0.25) is 5.78 Å². The van der Waals surface area contributed by atoms with E-state index in [1.165, 1.54) is 14.0 Å². The Bertz CT molecular complexity index is 251. The summed E-state index contributed by atoms with van der Waals surface area (Å²) in [4.78, 5) is 21.8. The largest absolute Gasteiger partial charge is 0.462 e. The minimum absolute atomic E-state index is 0.0242. The molecular formula is C8H11F2NO3. The smallest absolute Gasteiger partial charge is 0.343 e. The highest BCUT2D eigenvalue weighted by Gasteiger charge is 2.26. The maximum absolute atomic E-state index is 12.0. The highest BCUT2D eigenvalue weighted by atomic mass is 19.3. The molecule has 0 atom stereocenters. The Hall–Kier alpha value is -1.46. The molecule has 0 aromatic carbocycles. The maximum Gasteiger partial charge on any atom is 0.343 e. The number of esters is 1.